The fraction of sp³-hybridized carbons (Fsp3) is 0.778. The molecule has 0 aromatic rings. The molecule has 1 fully saturated rings. The Morgan fingerprint density at radius 2 is 1.82 bits per heavy atom. The maximum absolute atomic E-state index is 14.5. The summed E-state index contributed by atoms with van der Waals surface area (Å²) in [5.41, 5.74) is 2.36. The Labute approximate surface area is 156 Å². The van der Waals surface area contributed by atoms with Crippen LogP contribution in [0, 0.1) is 0 Å². The van der Waals surface area contributed by atoms with E-state index in [9.17, 15) is 32.9 Å². The summed E-state index contributed by atoms with van der Waals surface area (Å²) in [5, 5.41) is 9.89. The number of carbonyl (C=O) groups excluding carboxylic acids is 1. The minimum absolute atomic E-state index is 0.349. The van der Waals surface area contributed by atoms with E-state index in [1.54, 1.807) is 0 Å². The summed E-state index contributed by atoms with van der Waals surface area (Å²) in [6, 6.07) is 0. The molecule has 1 aliphatic rings. The molecule has 6 atom stereocenters. The van der Waals surface area contributed by atoms with Crippen molar-refractivity contribution in [3.8, 4) is 0 Å². The van der Waals surface area contributed by atoms with Crippen molar-refractivity contribution < 1.29 is 65.4 Å². The zero-order chi connectivity index (χ0) is 22.0. The lowest BCUT2D eigenvalue weighted by Gasteiger charge is -2.21. The van der Waals surface area contributed by atoms with E-state index in [1.165, 1.54) is 0 Å². The van der Waals surface area contributed by atoms with E-state index < -0.39 is 60.1 Å². The summed E-state index contributed by atoms with van der Waals surface area (Å²) in [6.07, 6.45) is -4.62. The maximum atomic E-state index is 14.5. The van der Waals surface area contributed by atoms with E-state index in [0.29, 0.717) is 0 Å². The Morgan fingerprint density at radius 1 is 1.25 bits per heavy atom. The van der Waals surface area contributed by atoms with Crippen molar-refractivity contribution in [1.82, 2.24) is 0 Å². The number of amides is 1. The van der Waals surface area contributed by atoms with Gasteiger partial charge >= 0.3 is 23.5 Å². The Morgan fingerprint density at radius 3 is 2.32 bits per heavy atom. The topological polar surface area (TPSA) is 245 Å². The zero-order valence-corrected chi connectivity index (χ0v) is 16.7. The number of nitrogens with two attached hydrogens (primary N) is 1. The van der Waals surface area contributed by atoms with Crippen molar-refractivity contribution in [3.63, 3.8) is 0 Å². The van der Waals surface area contributed by atoms with E-state index in [-0.39, 0.29) is 6.42 Å². The number of ether oxygens (including phenoxy) is 1. The number of phosphoric acid groups is 3. The number of nitrogens with zero attached hydrogens (tertiary/aromatic N) is 1. The van der Waals surface area contributed by atoms with Crippen molar-refractivity contribution in [1.29, 1.82) is 0 Å². The Hall–Kier alpha value is -0.600. The molecule has 1 rings (SSSR count). The van der Waals surface area contributed by atoms with Gasteiger partial charge < -0.3 is 35.2 Å². The van der Waals surface area contributed by atoms with Crippen LogP contribution in [-0.2, 0) is 36.4 Å². The molecule has 0 aromatic heterocycles. The predicted octanol–water partition coefficient (Wildman–Crippen LogP) is -0.910. The summed E-state index contributed by atoms with van der Waals surface area (Å²) in [4.78, 5) is 49.3. The van der Waals surface area contributed by atoms with Crippen LogP contribution >= 0.6 is 23.5 Å². The number of aliphatic hydroxyl groups is 1. The molecule has 164 valence electrons. The van der Waals surface area contributed by atoms with Gasteiger partial charge in [0.1, 0.15) is 12.2 Å². The van der Waals surface area contributed by atoms with E-state index >= 15 is 0 Å². The number of rotatable bonds is 10. The van der Waals surface area contributed by atoms with Crippen LogP contribution in [0.25, 0.3) is 0 Å². The van der Waals surface area contributed by atoms with Crippen LogP contribution in [0.5, 0.6) is 0 Å². The van der Waals surface area contributed by atoms with Crippen LogP contribution in [0.4, 0.5) is 4.39 Å². The van der Waals surface area contributed by atoms with Gasteiger partial charge in [0.25, 0.3) is 0 Å². The van der Waals surface area contributed by atoms with E-state index in [1.807, 2.05) is 0 Å². The fourth-order valence-electron chi connectivity index (χ4n) is 1.90. The van der Waals surface area contributed by atoms with Gasteiger partial charge in [-0.05, 0) is 6.92 Å². The van der Waals surface area contributed by atoms with E-state index in [0.717, 1.165) is 13.1 Å². The van der Waals surface area contributed by atoms with Crippen LogP contribution in [0.2, 0.25) is 0 Å². The first-order valence-corrected chi connectivity index (χ1v) is 11.6. The standard InChI is InChI=1S/C9H18FN2O13P3/c1-9(10)7(14)5(23-8(9)12-3-2-6(11)13)4-22-27(18,19)25-28(20,21)24-26(15,16)17/h3,5,7-8,14H,2,4H2,1H3,(H2,11,13)(H,18,19)(H,20,21)(H2,15,16,17). The number of carbonyl (C=O) groups is 1. The second-order valence-corrected chi connectivity index (χ2v) is 9.93. The first-order chi connectivity index (χ1) is 12.5. The first kappa shape index (κ1) is 25.4. The first-order valence-electron chi connectivity index (χ1n) is 7.06. The molecule has 0 spiro atoms. The summed E-state index contributed by atoms with van der Waals surface area (Å²) in [6.45, 7) is -0.180. The number of primary amides is 1. The van der Waals surface area contributed by atoms with Crippen molar-refractivity contribution in [2.24, 2.45) is 10.7 Å². The molecule has 0 aliphatic carbocycles. The molecule has 0 radical (unpaired) electrons. The molecule has 0 bridgehead atoms. The summed E-state index contributed by atoms with van der Waals surface area (Å²) in [7, 11) is -16.7. The summed E-state index contributed by atoms with van der Waals surface area (Å²) < 4.78 is 64.1. The molecule has 19 heteroatoms. The minimum atomic E-state index is -5.72. The molecule has 28 heavy (non-hydrogen) atoms. The lowest BCUT2D eigenvalue weighted by molar-refractivity contribution is -0.116. The van der Waals surface area contributed by atoms with Gasteiger partial charge in [-0.3, -0.25) is 14.3 Å². The van der Waals surface area contributed by atoms with Gasteiger partial charge in [0.15, 0.2) is 11.9 Å². The third-order valence-corrected chi connectivity index (χ3v) is 6.87. The highest BCUT2D eigenvalue weighted by molar-refractivity contribution is 7.66. The highest BCUT2D eigenvalue weighted by Gasteiger charge is 2.54. The highest BCUT2D eigenvalue weighted by Crippen LogP contribution is 2.66. The van der Waals surface area contributed by atoms with Gasteiger partial charge in [-0.2, -0.15) is 8.62 Å². The maximum Gasteiger partial charge on any atom is 0.490 e. The van der Waals surface area contributed by atoms with Gasteiger partial charge in [0.2, 0.25) is 5.91 Å². The molecule has 1 heterocycles. The van der Waals surface area contributed by atoms with Gasteiger partial charge in [0.05, 0.1) is 13.0 Å². The Kier molecular flexibility index (Phi) is 8.21. The second kappa shape index (κ2) is 9.04. The molecule has 0 saturated carbocycles. The van der Waals surface area contributed by atoms with Crippen LogP contribution in [-0.4, -0.2) is 67.5 Å². The normalized spacial score (nSPS) is 32.9. The molecule has 7 N–H and O–H groups in total. The summed E-state index contributed by atoms with van der Waals surface area (Å²) >= 11 is 0. The number of aliphatic hydroxyl groups excluding tert-OH is 1. The van der Waals surface area contributed by atoms with Crippen LogP contribution in [0.3, 0.4) is 0 Å². The zero-order valence-electron chi connectivity index (χ0n) is 14.0. The van der Waals surface area contributed by atoms with Gasteiger partial charge in [-0.1, -0.05) is 0 Å². The van der Waals surface area contributed by atoms with Crippen molar-refractivity contribution >= 4 is 35.6 Å². The van der Waals surface area contributed by atoms with Crippen LogP contribution in [0.1, 0.15) is 13.3 Å². The summed E-state index contributed by atoms with van der Waals surface area (Å²) in [5.74, 6) is -0.771. The Bertz CT molecular complexity index is 754. The molecule has 6 unspecified atom stereocenters. The molecule has 1 saturated heterocycles. The highest BCUT2D eigenvalue weighted by atomic mass is 31.3. The number of hydrogen-bond donors (Lipinski definition) is 6. The lowest BCUT2D eigenvalue weighted by Crippen LogP contribution is -2.41. The van der Waals surface area contributed by atoms with Crippen molar-refractivity contribution in [3.05, 3.63) is 0 Å². The number of phosphoric ester groups is 1. The van der Waals surface area contributed by atoms with Gasteiger partial charge in [-0.15, -0.1) is 0 Å². The average molecular weight is 474 g/mol. The van der Waals surface area contributed by atoms with Gasteiger partial charge in [0, 0.05) is 6.21 Å². The number of alkyl halides is 1. The molecule has 1 amide bonds. The lowest BCUT2D eigenvalue weighted by atomic mass is 9.99. The fourth-order valence-corrected chi connectivity index (χ4v) is 4.93. The van der Waals surface area contributed by atoms with E-state index in [4.69, 9.17) is 25.2 Å². The Balaban J connectivity index is 2.74. The molecular formula is C9H18FN2O13P3. The van der Waals surface area contributed by atoms with Crippen molar-refractivity contribution in [2.45, 2.75) is 37.4 Å². The van der Waals surface area contributed by atoms with Crippen LogP contribution in [0.15, 0.2) is 4.99 Å². The number of aliphatic imine (C=N–C) groups is 1. The second-order valence-electron chi connectivity index (χ2n) is 5.51. The number of halogens is 1. The smallest absolute Gasteiger partial charge is 0.387 e. The quantitative estimate of drug-likeness (QED) is 0.166. The van der Waals surface area contributed by atoms with Crippen LogP contribution < -0.4 is 5.73 Å². The molecule has 1 aliphatic heterocycles. The minimum Gasteiger partial charge on any atom is -0.387 e. The van der Waals surface area contributed by atoms with Gasteiger partial charge in [-0.25, -0.2) is 18.1 Å². The molecule has 15 nitrogen and oxygen atoms in total. The van der Waals surface area contributed by atoms with E-state index in [2.05, 4.69) is 18.1 Å². The third-order valence-electron chi connectivity index (χ3n) is 3.07. The average Bonchev–Trinajstić information content (AvgIpc) is 2.64. The SMILES string of the molecule is CC1(F)C(N=CCC(N)=O)OC(COP(=O)(O)OP(=O)(O)OP(=O)(O)O)C1O. The third kappa shape index (κ3) is 8.03. The molecular weight excluding hydrogens is 456 g/mol. The number of hydrogen-bond acceptors (Lipinski definition) is 10. The monoisotopic (exact) mass is 474 g/mol. The molecule has 0 aromatic carbocycles. The largest absolute Gasteiger partial charge is 0.490 e. The predicted molar refractivity (Wildman–Crippen MR) is 86.3 cm³/mol. The van der Waals surface area contributed by atoms with Crippen molar-refractivity contribution in [2.75, 3.05) is 6.61 Å².